The predicted molar refractivity (Wildman–Crippen MR) is 73.7 cm³/mol. The van der Waals surface area contributed by atoms with Gasteiger partial charge >= 0.3 is 0 Å². The van der Waals surface area contributed by atoms with E-state index in [0.717, 1.165) is 36.5 Å². The number of thioether (sulfide) groups is 1. The van der Waals surface area contributed by atoms with Gasteiger partial charge in [0.25, 0.3) is 0 Å². The Hall–Kier alpha value is -1.00. The average Bonchev–Trinajstić information content (AvgIpc) is 2.34. The van der Waals surface area contributed by atoms with Gasteiger partial charge in [-0.1, -0.05) is 18.2 Å². The molecule has 1 amide bonds. The van der Waals surface area contributed by atoms with Crippen LogP contribution in [0.25, 0.3) is 0 Å². The molecule has 1 rings (SSSR count). The normalized spacial score (nSPS) is 10.4. The highest BCUT2D eigenvalue weighted by Crippen LogP contribution is 2.17. The first-order valence-corrected chi connectivity index (χ1v) is 6.88. The molecule has 1 aromatic rings. The van der Waals surface area contributed by atoms with Crippen LogP contribution in [0.1, 0.15) is 28.8 Å². The minimum Gasteiger partial charge on any atom is -0.366 e. The Kier molecular flexibility index (Phi) is 6.74. The fourth-order valence-electron chi connectivity index (χ4n) is 1.48. The van der Waals surface area contributed by atoms with Crippen LogP contribution in [0.3, 0.4) is 0 Å². The second kappa shape index (κ2) is 8.14. The zero-order valence-electron chi connectivity index (χ0n) is 9.89. The van der Waals surface area contributed by atoms with Crippen LogP contribution in [-0.4, -0.2) is 18.2 Å². The zero-order valence-corrected chi connectivity index (χ0v) is 10.7. The van der Waals surface area contributed by atoms with Gasteiger partial charge in [-0.15, -0.1) is 0 Å². The highest BCUT2D eigenvalue weighted by molar-refractivity contribution is 7.98. The smallest absolute Gasteiger partial charge is 0.249 e. The van der Waals surface area contributed by atoms with Crippen LogP contribution in [0, 0.1) is 6.42 Å². The molecule has 4 N–H and O–H groups in total. The highest BCUT2D eigenvalue weighted by atomic mass is 32.2. The van der Waals surface area contributed by atoms with Crippen LogP contribution in [-0.2, 0) is 5.75 Å². The molecular formula is C13H19N2OS. The van der Waals surface area contributed by atoms with Gasteiger partial charge in [-0.3, -0.25) is 4.79 Å². The van der Waals surface area contributed by atoms with E-state index in [-0.39, 0.29) is 5.91 Å². The van der Waals surface area contributed by atoms with Gasteiger partial charge in [-0.05, 0) is 43.2 Å². The van der Waals surface area contributed by atoms with Crippen molar-refractivity contribution < 1.29 is 4.79 Å². The van der Waals surface area contributed by atoms with Gasteiger partial charge in [0.2, 0.25) is 5.91 Å². The third-order valence-electron chi connectivity index (χ3n) is 2.39. The molecule has 0 heterocycles. The quantitative estimate of drug-likeness (QED) is 0.694. The molecule has 0 aliphatic heterocycles. The summed E-state index contributed by atoms with van der Waals surface area (Å²) in [5.74, 6) is 1.44. The van der Waals surface area contributed by atoms with Crippen molar-refractivity contribution in [2.45, 2.75) is 18.6 Å². The Morgan fingerprint density at radius 3 is 2.82 bits per heavy atom. The SMILES string of the molecule is NCCC[CH]CSCc1ccccc1C(N)=O. The summed E-state index contributed by atoms with van der Waals surface area (Å²) in [4.78, 5) is 11.2. The molecule has 0 aromatic heterocycles. The molecule has 0 saturated heterocycles. The van der Waals surface area contributed by atoms with E-state index in [4.69, 9.17) is 11.5 Å². The van der Waals surface area contributed by atoms with Gasteiger partial charge in [0, 0.05) is 11.3 Å². The maximum absolute atomic E-state index is 11.2. The minimum atomic E-state index is -0.353. The molecule has 0 atom stereocenters. The number of hydrogen-bond donors (Lipinski definition) is 2. The van der Waals surface area contributed by atoms with E-state index in [2.05, 4.69) is 6.42 Å². The van der Waals surface area contributed by atoms with Crippen molar-refractivity contribution in [3.63, 3.8) is 0 Å². The first-order valence-electron chi connectivity index (χ1n) is 5.73. The molecule has 17 heavy (non-hydrogen) atoms. The summed E-state index contributed by atoms with van der Waals surface area (Å²) in [6, 6.07) is 7.49. The first kappa shape index (κ1) is 14.1. The van der Waals surface area contributed by atoms with E-state index in [1.54, 1.807) is 17.8 Å². The van der Waals surface area contributed by atoms with E-state index in [1.165, 1.54) is 0 Å². The zero-order chi connectivity index (χ0) is 12.5. The lowest BCUT2D eigenvalue weighted by Crippen LogP contribution is -2.13. The fraction of sp³-hybridized carbons (Fsp3) is 0.385. The van der Waals surface area contributed by atoms with Crippen LogP contribution in [0.2, 0.25) is 0 Å². The molecular weight excluding hydrogens is 232 g/mol. The monoisotopic (exact) mass is 251 g/mol. The number of carbonyl (C=O) groups is 1. The van der Waals surface area contributed by atoms with E-state index in [0.29, 0.717) is 5.56 Å². The molecule has 1 radical (unpaired) electrons. The Morgan fingerprint density at radius 2 is 2.12 bits per heavy atom. The van der Waals surface area contributed by atoms with E-state index >= 15 is 0 Å². The van der Waals surface area contributed by atoms with E-state index < -0.39 is 0 Å². The average molecular weight is 251 g/mol. The summed E-state index contributed by atoms with van der Waals surface area (Å²) in [5.41, 5.74) is 12.4. The lowest BCUT2D eigenvalue weighted by Gasteiger charge is -2.06. The minimum absolute atomic E-state index is 0.353. The first-order chi connectivity index (χ1) is 8.25. The fourth-order valence-corrected chi connectivity index (χ4v) is 2.41. The van der Waals surface area contributed by atoms with Crippen molar-refractivity contribution >= 4 is 17.7 Å². The molecule has 3 nitrogen and oxygen atoms in total. The topological polar surface area (TPSA) is 69.1 Å². The number of benzene rings is 1. The summed E-state index contributed by atoms with van der Waals surface area (Å²) in [7, 11) is 0. The number of primary amides is 1. The second-order valence-electron chi connectivity index (χ2n) is 3.76. The summed E-state index contributed by atoms with van der Waals surface area (Å²) < 4.78 is 0. The summed E-state index contributed by atoms with van der Waals surface area (Å²) in [6.07, 6.45) is 4.32. The molecule has 0 fully saturated rings. The summed E-state index contributed by atoms with van der Waals surface area (Å²) >= 11 is 1.78. The summed E-state index contributed by atoms with van der Waals surface area (Å²) in [6.45, 7) is 0.742. The lowest BCUT2D eigenvalue weighted by molar-refractivity contribution is 0.0999. The third kappa shape index (κ3) is 5.24. The van der Waals surface area contributed by atoms with Crippen LogP contribution < -0.4 is 11.5 Å². The Morgan fingerprint density at radius 1 is 1.35 bits per heavy atom. The molecule has 0 bridgehead atoms. The molecule has 0 saturated carbocycles. The molecule has 4 heteroatoms. The Labute approximate surface area is 107 Å². The standard InChI is InChI=1S/C13H19N2OS/c14-8-4-1-5-9-17-10-11-6-2-3-7-12(11)13(15)16/h2-3,5-7H,1,4,8-10,14H2,(H2,15,16). The molecule has 0 aliphatic rings. The molecule has 93 valence electrons. The van der Waals surface area contributed by atoms with Gasteiger partial charge in [0.05, 0.1) is 0 Å². The van der Waals surface area contributed by atoms with Gasteiger partial charge in [0.1, 0.15) is 0 Å². The van der Waals surface area contributed by atoms with Crippen LogP contribution in [0.5, 0.6) is 0 Å². The van der Waals surface area contributed by atoms with Crippen molar-refractivity contribution in [1.29, 1.82) is 0 Å². The predicted octanol–water partition coefficient (Wildman–Crippen LogP) is 1.96. The van der Waals surface area contributed by atoms with Crippen LogP contribution >= 0.6 is 11.8 Å². The largest absolute Gasteiger partial charge is 0.366 e. The second-order valence-corrected chi connectivity index (χ2v) is 4.79. The molecule has 0 spiro atoms. The van der Waals surface area contributed by atoms with E-state index in [9.17, 15) is 4.79 Å². The van der Waals surface area contributed by atoms with Crippen LogP contribution in [0.4, 0.5) is 0 Å². The maximum atomic E-state index is 11.2. The van der Waals surface area contributed by atoms with Gasteiger partial charge < -0.3 is 11.5 Å². The van der Waals surface area contributed by atoms with Gasteiger partial charge in [0.15, 0.2) is 0 Å². The van der Waals surface area contributed by atoms with Crippen molar-refractivity contribution in [1.82, 2.24) is 0 Å². The molecule has 0 unspecified atom stereocenters. The number of hydrogen-bond acceptors (Lipinski definition) is 3. The lowest BCUT2D eigenvalue weighted by atomic mass is 10.1. The van der Waals surface area contributed by atoms with Gasteiger partial charge in [-0.25, -0.2) is 0 Å². The number of unbranched alkanes of at least 4 members (excludes halogenated alkanes) is 2. The van der Waals surface area contributed by atoms with Crippen molar-refractivity contribution in [3.8, 4) is 0 Å². The van der Waals surface area contributed by atoms with E-state index in [1.807, 2.05) is 18.2 Å². The maximum Gasteiger partial charge on any atom is 0.249 e. The number of nitrogens with two attached hydrogens (primary N) is 2. The van der Waals surface area contributed by atoms with Gasteiger partial charge in [-0.2, -0.15) is 11.8 Å². The van der Waals surface area contributed by atoms with Crippen molar-refractivity contribution in [3.05, 3.63) is 41.8 Å². The molecule has 0 aliphatic carbocycles. The molecule has 1 aromatic carbocycles. The Bertz CT molecular complexity index is 355. The van der Waals surface area contributed by atoms with Crippen molar-refractivity contribution in [2.75, 3.05) is 12.3 Å². The number of amides is 1. The number of carbonyl (C=O) groups excluding carboxylic acids is 1. The van der Waals surface area contributed by atoms with Crippen LogP contribution in [0.15, 0.2) is 24.3 Å². The Balaban J connectivity index is 2.34. The third-order valence-corrected chi connectivity index (χ3v) is 3.37. The highest BCUT2D eigenvalue weighted by Gasteiger charge is 2.06. The summed E-state index contributed by atoms with van der Waals surface area (Å²) in [5, 5.41) is 0. The van der Waals surface area contributed by atoms with Crippen molar-refractivity contribution in [2.24, 2.45) is 11.5 Å². The number of rotatable bonds is 8.